The second kappa shape index (κ2) is 13.2. The summed E-state index contributed by atoms with van der Waals surface area (Å²) in [4.78, 5) is 10.4. The number of aromatic nitrogens is 2. The van der Waals surface area contributed by atoms with Crippen molar-refractivity contribution in [2.45, 2.75) is 19.3 Å². The van der Waals surface area contributed by atoms with E-state index in [0.717, 1.165) is 44.8 Å². The molecule has 9 aromatic rings. The Morgan fingerprint density at radius 1 is 0.327 bits per heavy atom. The zero-order valence-corrected chi connectivity index (χ0v) is 30.9. The predicted octanol–water partition coefficient (Wildman–Crippen LogP) is 13.9. The van der Waals surface area contributed by atoms with Crippen molar-refractivity contribution in [1.82, 2.24) is 9.97 Å². The van der Waals surface area contributed by atoms with Crippen molar-refractivity contribution in [1.29, 1.82) is 0 Å². The summed E-state index contributed by atoms with van der Waals surface area (Å²) in [5.74, 6) is 0.704. The van der Waals surface area contributed by atoms with Gasteiger partial charge in [0.1, 0.15) is 0 Å². The van der Waals surface area contributed by atoms with E-state index in [0.29, 0.717) is 5.82 Å². The summed E-state index contributed by atoms with van der Waals surface area (Å²) >= 11 is 0. The predicted molar refractivity (Wildman–Crippen MR) is 230 cm³/mol. The maximum Gasteiger partial charge on any atom is 0.160 e. The SMILES string of the molecule is CC1(C)c2cc3ccccc3cc2-c2c(-c3cccc(-c4ccccc4-c4cc(-c5cccc(-c6ccccc6)c5)nc(-c5ccccc5)n4)c3)cccc21. The van der Waals surface area contributed by atoms with Gasteiger partial charge in [-0.05, 0) is 96.7 Å². The molecule has 2 nitrogen and oxygen atoms in total. The van der Waals surface area contributed by atoms with E-state index in [1.54, 1.807) is 0 Å². The maximum atomic E-state index is 5.25. The molecular formula is C53H38N2. The van der Waals surface area contributed by atoms with Crippen molar-refractivity contribution < 1.29 is 0 Å². The van der Waals surface area contributed by atoms with Crippen molar-refractivity contribution in [3.8, 4) is 78.4 Å². The molecule has 1 aliphatic rings. The molecule has 0 aliphatic heterocycles. The van der Waals surface area contributed by atoms with Crippen molar-refractivity contribution in [3.63, 3.8) is 0 Å². The fraction of sp³-hybridized carbons (Fsp3) is 0.0566. The highest BCUT2D eigenvalue weighted by Crippen LogP contribution is 2.53. The highest BCUT2D eigenvalue weighted by molar-refractivity contribution is 5.99. The standard InChI is InChI=1S/C53H38N2/c1-53(2)47-29-15-28-44(51(47)46-32-38-20-9-10-21-39(38)33-48(46)53)41-24-14-23-40(31-41)43-26-11-12-27-45(43)50-34-49(54-52(55-50)36-18-7-4-8-19-36)42-25-13-22-37(30-42)35-16-5-3-6-17-35/h3-34H,1-2H3. The van der Waals surface area contributed by atoms with E-state index in [1.165, 1.54) is 49.7 Å². The Balaban J connectivity index is 1.11. The van der Waals surface area contributed by atoms with E-state index in [2.05, 4.69) is 190 Å². The topological polar surface area (TPSA) is 25.8 Å². The van der Waals surface area contributed by atoms with Gasteiger partial charge in [0.05, 0.1) is 11.4 Å². The van der Waals surface area contributed by atoms with Crippen LogP contribution >= 0.6 is 0 Å². The fourth-order valence-corrected chi connectivity index (χ4v) is 8.46. The van der Waals surface area contributed by atoms with Gasteiger partial charge in [-0.1, -0.05) is 178 Å². The van der Waals surface area contributed by atoms with Gasteiger partial charge in [0.2, 0.25) is 0 Å². The molecule has 260 valence electrons. The van der Waals surface area contributed by atoms with Crippen LogP contribution in [0.2, 0.25) is 0 Å². The van der Waals surface area contributed by atoms with E-state index in [1.807, 2.05) is 18.2 Å². The number of hydrogen-bond donors (Lipinski definition) is 0. The molecule has 0 N–H and O–H groups in total. The highest BCUT2D eigenvalue weighted by Gasteiger charge is 2.37. The normalized spacial score (nSPS) is 12.7. The van der Waals surface area contributed by atoms with E-state index in [9.17, 15) is 0 Å². The summed E-state index contributed by atoms with van der Waals surface area (Å²) in [7, 11) is 0. The Hall–Kier alpha value is -6.90. The van der Waals surface area contributed by atoms with E-state index in [-0.39, 0.29) is 5.41 Å². The number of fused-ring (bicyclic) bond motifs is 4. The molecule has 0 fully saturated rings. The Bertz CT molecular complexity index is 2890. The van der Waals surface area contributed by atoms with Crippen LogP contribution in [0.4, 0.5) is 0 Å². The molecule has 0 spiro atoms. The van der Waals surface area contributed by atoms with Crippen LogP contribution in [0.15, 0.2) is 194 Å². The molecule has 0 saturated heterocycles. The zero-order chi connectivity index (χ0) is 36.9. The molecular weight excluding hydrogens is 665 g/mol. The van der Waals surface area contributed by atoms with Crippen LogP contribution in [0.5, 0.6) is 0 Å². The first-order valence-electron chi connectivity index (χ1n) is 19.0. The highest BCUT2D eigenvalue weighted by atomic mass is 14.9. The summed E-state index contributed by atoms with van der Waals surface area (Å²) in [5.41, 5.74) is 17.3. The Morgan fingerprint density at radius 3 is 1.62 bits per heavy atom. The lowest BCUT2D eigenvalue weighted by molar-refractivity contribution is 0.661. The summed E-state index contributed by atoms with van der Waals surface area (Å²) in [5, 5.41) is 2.56. The van der Waals surface area contributed by atoms with Crippen LogP contribution in [0.3, 0.4) is 0 Å². The van der Waals surface area contributed by atoms with Crippen LogP contribution < -0.4 is 0 Å². The van der Waals surface area contributed by atoms with Crippen LogP contribution in [-0.4, -0.2) is 9.97 Å². The quantitative estimate of drug-likeness (QED) is 0.172. The summed E-state index contributed by atoms with van der Waals surface area (Å²) in [6, 6.07) is 69.6. The van der Waals surface area contributed by atoms with Gasteiger partial charge in [-0.25, -0.2) is 9.97 Å². The molecule has 8 aromatic carbocycles. The van der Waals surface area contributed by atoms with Crippen LogP contribution in [-0.2, 0) is 5.41 Å². The second-order valence-corrected chi connectivity index (χ2v) is 15.0. The third-order valence-electron chi connectivity index (χ3n) is 11.3. The van der Waals surface area contributed by atoms with Gasteiger partial charge in [-0.2, -0.15) is 0 Å². The Labute approximate surface area is 322 Å². The van der Waals surface area contributed by atoms with E-state index in [4.69, 9.17) is 9.97 Å². The lowest BCUT2D eigenvalue weighted by Gasteiger charge is -2.22. The molecule has 10 rings (SSSR count). The minimum Gasteiger partial charge on any atom is -0.228 e. The molecule has 0 unspecified atom stereocenters. The first kappa shape index (κ1) is 32.7. The largest absolute Gasteiger partial charge is 0.228 e. The molecule has 55 heavy (non-hydrogen) atoms. The van der Waals surface area contributed by atoms with Crippen molar-refractivity contribution >= 4 is 10.8 Å². The van der Waals surface area contributed by atoms with Gasteiger partial charge >= 0.3 is 0 Å². The van der Waals surface area contributed by atoms with Gasteiger partial charge in [-0.15, -0.1) is 0 Å². The molecule has 0 saturated carbocycles. The molecule has 0 atom stereocenters. The zero-order valence-electron chi connectivity index (χ0n) is 30.9. The number of rotatable bonds is 6. The van der Waals surface area contributed by atoms with E-state index < -0.39 is 0 Å². The summed E-state index contributed by atoms with van der Waals surface area (Å²) < 4.78 is 0. The lowest BCUT2D eigenvalue weighted by Crippen LogP contribution is -2.14. The van der Waals surface area contributed by atoms with Crippen molar-refractivity contribution in [2.24, 2.45) is 0 Å². The Morgan fingerprint density at radius 2 is 0.855 bits per heavy atom. The van der Waals surface area contributed by atoms with E-state index >= 15 is 0 Å². The van der Waals surface area contributed by atoms with Crippen LogP contribution in [0.25, 0.3) is 89.2 Å². The molecule has 0 bridgehead atoms. The average Bonchev–Trinajstić information content (AvgIpc) is 3.48. The maximum absolute atomic E-state index is 5.25. The van der Waals surface area contributed by atoms with Gasteiger partial charge in [-0.3, -0.25) is 0 Å². The molecule has 0 radical (unpaired) electrons. The minimum atomic E-state index is -0.100. The first-order chi connectivity index (χ1) is 27.0. The molecule has 1 aromatic heterocycles. The summed E-state index contributed by atoms with van der Waals surface area (Å²) in [6.07, 6.45) is 0. The van der Waals surface area contributed by atoms with Gasteiger partial charge in [0.25, 0.3) is 0 Å². The van der Waals surface area contributed by atoms with Crippen molar-refractivity contribution in [2.75, 3.05) is 0 Å². The monoisotopic (exact) mass is 702 g/mol. The smallest absolute Gasteiger partial charge is 0.160 e. The third kappa shape index (κ3) is 5.75. The molecule has 1 aliphatic carbocycles. The van der Waals surface area contributed by atoms with Gasteiger partial charge < -0.3 is 0 Å². The van der Waals surface area contributed by atoms with Crippen molar-refractivity contribution in [3.05, 3.63) is 205 Å². The fourth-order valence-electron chi connectivity index (χ4n) is 8.46. The van der Waals surface area contributed by atoms with Crippen LogP contribution in [0, 0.1) is 0 Å². The summed E-state index contributed by atoms with van der Waals surface area (Å²) in [6.45, 7) is 4.72. The molecule has 2 heteroatoms. The lowest BCUT2D eigenvalue weighted by atomic mass is 9.81. The third-order valence-corrected chi connectivity index (χ3v) is 11.3. The van der Waals surface area contributed by atoms with Gasteiger partial charge in [0, 0.05) is 22.1 Å². The number of nitrogens with zero attached hydrogens (tertiary/aromatic N) is 2. The molecule has 1 heterocycles. The Kier molecular flexibility index (Phi) is 7.85. The first-order valence-corrected chi connectivity index (χ1v) is 19.0. The second-order valence-electron chi connectivity index (χ2n) is 15.0. The minimum absolute atomic E-state index is 0.100. The van der Waals surface area contributed by atoms with Crippen LogP contribution in [0.1, 0.15) is 25.0 Å². The van der Waals surface area contributed by atoms with Gasteiger partial charge in [0.15, 0.2) is 5.82 Å². The molecule has 0 amide bonds. The number of hydrogen-bond acceptors (Lipinski definition) is 2. The average molecular weight is 703 g/mol. The number of benzene rings is 8.